The first-order valence-electron chi connectivity index (χ1n) is 11.0. The first kappa shape index (κ1) is 25.0. The van der Waals surface area contributed by atoms with E-state index < -0.39 is 23.3 Å². The summed E-state index contributed by atoms with van der Waals surface area (Å²) >= 11 is 1.20. The molecule has 0 aliphatic heterocycles. The average molecular weight is 527 g/mol. The number of nitrogens with zero attached hydrogens (tertiary/aromatic N) is 3. The lowest BCUT2D eigenvalue weighted by Crippen LogP contribution is -2.14. The number of hydrogen-bond donors (Lipinski definition) is 1. The molecule has 1 fully saturated rings. The van der Waals surface area contributed by atoms with Gasteiger partial charge in [-0.1, -0.05) is 0 Å². The summed E-state index contributed by atoms with van der Waals surface area (Å²) in [6.45, 7) is 4.61. The van der Waals surface area contributed by atoms with Crippen LogP contribution >= 0.6 is 18.9 Å². The van der Waals surface area contributed by atoms with E-state index in [1.807, 2.05) is 0 Å². The van der Waals surface area contributed by atoms with Gasteiger partial charge >= 0.3 is 7.60 Å². The van der Waals surface area contributed by atoms with Crippen LogP contribution in [0.5, 0.6) is 0 Å². The molecule has 0 saturated heterocycles. The van der Waals surface area contributed by atoms with E-state index in [-0.39, 0.29) is 30.0 Å². The number of aromatic nitrogens is 3. The molecular weight excluding hydrogens is 499 g/mol. The van der Waals surface area contributed by atoms with Crippen LogP contribution in [0.25, 0.3) is 10.9 Å². The zero-order chi connectivity index (χ0) is 24.5. The van der Waals surface area contributed by atoms with Crippen molar-refractivity contribution in [2.75, 3.05) is 24.8 Å². The maximum atomic E-state index is 13.1. The lowest BCUT2D eigenvalue weighted by molar-refractivity contribution is 0.102. The van der Waals surface area contributed by atoms with E-state index in [0.29, 0.717) is 34.2 Å². The summed E-state index contributed by atoms with van der Waals surface area (Å²) in [5.74, 6) is 0.0270. The minimum atomic E-state index is -3.40. The monoisotopic (exact) mass is 526 g/mol. The molecule has 1 aliphatic carbocycles. The molecule has 13 heteroatoms. The minimum Gasteiger partial charge on any atom is -0.309 e. The second kappa shape index (κ2) is 9.87. The largest absolute Gasteiger partial charge is 0.336 e. The van der Waals surface area contributed by atoms with Crippen LogP contribution in [-0.2, 0) is 36.2 Å². The Labute approximate surface area is 202 Å². The minimum absolute atomic E-state index is 0.00820. The number of carbonyl (C=O) groups excluding carboxylic acids is 1. The Morgan fingerprint density at radius 3 is 2.59 bits per heavy atom. The van der Waals surface area contributed by atoms with Crippen LogP contribution < -0.4 is 5.32 Å². The van der Waals surface area contributed by atoms with Crippen molar-refractivity contribution in [1.82, 2.24) is 14.8 Å². The number of rotatable bonds is 11. The van der Waals surface area contributed by atoms with Crippen molar-refractivity contribution in [2.24, 2.45) is 5.92 Å². The highest BCUT2D eigenvalue weighted by Gasteiger charge is 2.28. The van der Waals surface area contributed by atoms with E-state index in [0.717, 1.165) is 19.1 Å². The van der Waals surface area contributed by atoms with Gasteiger partial charge in [0.25, 0.3) is 5.91 Å². The van der Waals surface area contributed by atoms with Gasteiger partial charge in [0.15, 0.2) is 20.7 Å². The summed E-state index contributed by atoms with van der Waals surface area (Å²) in [5.41, 5.74) is 1.29. The Morgan fingerprint density at radius 1 is 1.26 bits per heavy atom. The molecule has 1 amide bonds. The smallest absolute Gasteiger partial charge is 0.309 e. The van der Waals surface area contributed by atoms with Crippen LogP contribution in [0.3, 0.4) is 0 Å². The molecule has 184 valence electrons. The lowest BCUT2D eigenvalue weighted by Gasteiger charge is -2.15. The van der Waals surface area contributed by atoms with E-state index in [9.17, 15) is 17.8 Å². The van der Waals surface area contributed by atoms with Crippen LogP contribution in [0.1, 0.15) is 42.9 Å². The van der Waals surface area contributed by atoms with E-state index >= 15 is 0 Å². The maximum absolute atomic E-state index is 13.1. The van der Waals surface area contributed by atoms with Gasteiger partial charge in [0.1, 0.15) is 0 Å². The van der Waals surface area contributed by atoms with Crippen molar-refractivity contribution in [3.63, 3.8) is 0 Å². The van der Waals surface area contributed by atoms with Gasteiger partial charge in [0.2, 0.25) is 0 Å². The summed E-state index contributed by atoms with van der Waals surface area (Å²) in [6.07, 6.45) is 3.33. The molecule has 1 N–H and O–H groups in total. The fraction of sp³-hybridized carbons (Fsp3) is 0.476. The number of carbonyl (C=O) groups is 1. The molecule has 0 atom stereocenters. The van der Waals surface area contributed by atoms with Gasteiger partial charge in [-0.2, -0.15) is 5.10 Å². The normalized spacial score (nSPS) is 14.6. The molecular formula is C21H27N4O6PS2. The highest BCUT2D eigenvalue weighted by Crippen LogP contribution is 2.51. The van der Waals surface area contributed by atoms with Crippen molar-refractivity contribution < 1.29 is 26.8 Å². The Morgan fingerprint density at radius 2 is 1.97 bits per heavy atom. The van der Waals surface area contributed by atoms with E-state index in [4.69, 9.17) is 9.05 Å². The number of sulfone groups is 1. The van der Waals surface area contributed by atoms with Crippen molar-refractivity contribution in [3.8, 4) is 0 Å². The topological polar surface area (TPSA) is 129 Å². The third-order valence-corrected chi connectivity index (χ3v) is 9.21. The van der Waals surface area contributed by atoms with Crippen LogP contribution in [-0.4, -0.2) is 48.6 Å². The summed E-state index contributed by atoms with van der Waals surface area (Å²) in [7, 11) is -6.71. The molecule has 1 aromatic carbocycles. The fourth-order valence-corrected chi connectivity index (χ4v) is 6.62. The van der Waals surface area contributed by atoms with Gasteiger partial charge in [-0.25, -0.2) is 13.4 Å². The molecule has 0 spiro atoms. The zero-order valence-corrected chi connectivity index (χ0v) is 21.7. The first-order valence-corrected chi connectivity index (χ1v) is 15.5. The van der Waals surface area contributed by atoms with Crippen LogP contribution in [0.15, 0.2) is 28.5 Å². The van der Waals surface area contributed by atoms with E-state index in [1.165, 1.54) is 17.4 Å². The number of hydrogen-bond acceptors (Lipinski definition) is 9. The number of thiazole rings is 1. The lowest BCUT2D eigenvalue weighted by atomic mass is 10.2. The number of anilines is 1. The van der Waals surface area contributed by atoms with Gasteiger partial charge in [0.05, 0.1) is 35.5 Å². The predicted octanol–water partition coefficient (Wildman–Crippen LogP) is 4.32. The highest BCUT2D eigenvalue weighted by atomic mass is 32.2. The standard InChI is InChI=1S/C21H27N4O6PS2/c1-4-30-32(27,31-5-2)12-15-13-33-21(22-15)23-20(26)19-17-9-8-16(34(3,28)29)10-18(17)25(24-19)11-14-6-7-14/h8-10,13-14H,4-7,11-12H2,1-3H3,(H,22,23,26). The molecule has 2 heterocycles. The van der Waals surface area contributed by atoms with Crippen LogP contribution in [0.2, 0.25) is 0 Å². The molecule has 10 nitrogen and oxygen atoms in total. The SMILES string of the molecule is CCOP(=O)(Cc1csc(NC(=O)c2nn(CC3CC3)c3cc(S(C)(=O)=O)ccc23)n1)OCC. The summed E-state index contributed by atoms with van der Waals surface area (Å²) < 4.78 is 49.2. The summed E-state index contributed by atoms with van der Waals surface area (Å²) in [5, 5.41) is 9.85. The molecule has 1 aliphatic rings. The third kappa shape index (κ3) is 5.75. The van der Waals surface area contributed by atoms with E-state index in [1.54, 1.807) is 36.0 Å². The molecule has 0 unspecified atom stereocenters. The first-order chi connectivity index (χ1) is 16.1. The Hall–Kier alpha value is -2.11. The summed E-state index contributed by atoms with van der Waals surface area (Å²) in [6, 6.07) is 4.67. The quantitative estimate of drug-likeness (QED) is 0.366. The molecule has 34 heavy (non-hydrogen) atoms. The molecule has 1 saturated carbocycles. The van der Waals surface area contributed by atoms with Crippen molar-refractivity contribution in [3.05, 3.63) is 35.0 Å². The number of amides is 1. The fourth-order valence-electron chi connectivity index (χ4n) is 3.55. The van der Waals surface area contributed by atoms with Crippen LogP contribution in [0.4, 0.5) is 5.13 Å². The highest BCUT2D eigenvalue weighted by molar-refractivity contribution is 7.90. The third-order valence-electron chi connectivity index (χ3n) is 5.27. The van der Waals surface area contributed by atoms with Gasteiger partial charge in [-0.05, 0) is 50.8 Å². The molecule has 3 aromatic rings. The number of nitrogens with one attached hydrogen (secondary N) is 1. The van der Waals surface area contributed by atoms with Crippen molar-refractivity contribution in [2.45, 2.75) is 44.3 Å². The van der Waals surface area contributed by atoms with Crippen molar-refractivity contribution in [1.29, 1.82) is 0 Å². The molecule has 0 radical (unpaired) electrons. The van der Waals surface area contributed by atoms with Crippen LogP contribution in [0, 0.1) is 5.92 Å². The molecule has 0 bridgehead atoms. The summed E-state index contributed by atoms with van der Waals surface area (Å²) in [4.78, 5) is 17.6. The zero-order valence-electron chi connectivity index (χ0n) is 19.2. The second-order valence-corrected chi connectivity index (χ2v) is 13.1. The number of fused-ring (bicyclic) bond motifs is 1. The second-order valence-electron chi connectivity index (χ2n) is 8.13. The molecule has 2 aromatic heterocycles. The van der Waals surface area contributed by atoms with Gasteiger partial charge < -0.3 is 9.05 Å². The van der Waals surface area contributed by atoms with E-state index in [2.05, 4.69) is 15.4 Å². The van der Waals surface area contributed by atoms with Crippen molar-refractivity contribution >= 4 is 50.7 Å². The molecule has 4 rings (SSSR count). The average Bonchev–Trinajstić information content (AvgIpc) is 3.36. The Bertz CT molecular complexity index is 1350. The Balaban J connectivity index is 1.58. The van der Waals surface area contributed by atoms with Gasteiger partial charge in [-0.3, -0.25) is 19.4 Å². The van der Waals surface area contributed by atoms with Gasteiger partial charge in [-0.15, -0.1) is 11.3 Å². The number of benzene rings is 1. The predicted molar refractivity (Wildman–Crippen MR) is 130 cm³/mol. The maximum Gasteiger partial charge on any atom is 0.336 e. The Kier molecular flexibility index (Phi) is 7.25. The van der Waals surface area contributed by atoms with Gasteiger partial charge in [0, 0.05) is 23.6 Å².